The van der Waals surface area contributed by atoms with Crippen LogP contribution in [0.4, 0.5) is 17.1 Å². The van der Waals surface area contributed by atoms with Gasteiger partial charge in [0, 0.05) is 68.2 Å². The molecule has 0 N–H and O–H groups in total. The first kappa shape index (κ1) is 28.0. The smallest absolute Gasteiger partial charge is 0.135 e. The Morgan fingerprint density at radius 2 is 1.02 bits per heavy atom. The molecule has 0 radical (unpaired) electrons. The van der Waals surface area contributed by atoms with Crippen molar-refractivity contribution in [2.75, 3.05) is 4.90 Å². The van der Waals surface area contributed by atoms with Crippen molar-refractivity contribution in [1.29, 1.82) is 0 Å². The zero-order valence-electron chi connectivity index (χ0n) is 26.8. The third kappa shape index (κ3) is 4.26. The van der Waals surface area contributed by atoms with Gasteiger partial charge in [0.2, 0.25) is 0 Å². The molecule has 0 aliphatic heterocycles. The molecule has 0 spiro atoms. The van der Waals surface area contributed by atoms with Gasteiger partial charge < -0.3 is 9.32 Å². The summed E-state index contributed by atoms with van der Waals surface area (Å²) in [5.74, 6) is 0. The van der Waals surface area contributed by atoms with Gasteiger partial charge in [0.25, 0.3) is 0 Å². The number of nitrogens with zero attached hydrogens (tertiary/aromatic N) is 1. The number of fused-ring (bicyclic) bond motifs is 11. The van der Waals surface area contributed by atoms with Crippen molar-refractivity contribution in [3.8, 4) is 11.1 Å². The molecule has 0 atom stereocenters. The van der Waals surface area contributed by atoms with Crippen molar-refractivity contribution in [3.63, 3.8) is 0 Å². The summed E-state index contributed by atoms with van der Waals surface area (Å²) in [4.78, 5) is 2.37. The summed E-state index contributed by atoms with van der Waals surface area (Å²) in [6, 6.07) is 59.6. The number of anilines is 3. The Hall–Kier alpha value is -5.94. The van der Waals surface area contributed by atoms with Crippen molar-refractivity contribution in [2.24, 2.45) is 0 Å². The zero-order chi connectivity index (χ0) is 32.8. The van der Waals surface area contributed by atoms with E-state index in [-0.39, 0.29) is 0 Å². The standard InChI is InChI=1S/C46H27NOS2/c1-2-8-34-29(7-1)15-21-38-40-25-30(16-24-44(40)50-46(34)38)28-13-17-31(18-14-28)47(32-20-23-42-39(26-32)35-9-3-5-11-41(35)48-42)33-19-22-37-36-10-4-6-12-43(36)49-45(37)27-33/h1-27H. The molecule has 2 nitrogen and oxygen atoms in total. The summed E-state index contributed by atoms with van der Waals surface area (Å²) in [5.41, 5.74) is 7.56. The molecule has 0 aliphatic carbocycles. The highest BCUT2D eigenvalue weighted by Crippen LogP contribution is 2.44. The molecular formula is C46H27NOS2. The van der Waals surface area contributed by atoms with Gasteiger partial charge in [-0.25, -0.2) is 0 Å². The van der Waals surface area contributed by atoms with E-state index < -0.39 is 0 Å². The van der Waals surface area contributed by atoms with Crippen LogP contribution >= 0.6 is 22.7 Å². The Morgan fingerprint density at radius 1 is 0.360 bits per heavy atom. The highest BCUT2D eigenvalue weighted by molar-refractivity contribution is 7.26. The van der Waals surface area contributed by atoms with Crippen molar-refractivity contribution < 1.29 is 4.42 Å². The molecule has 0 saturated carbocycles. The predicted molar refractivity (Wildman–Crippen MR) is 217 cm³/mol. The van der Waals surface area contributed by atoms with Crippen LogP contribution in [0, 0.1) is 0 Å². The molecule has 0 amide bonds. The number of hydrogen-bond donors (Lipinski definition) is 0. The van der Waals surface area contributed by atoms with E-state index in [2.05, 4.69) is 157 Å². The van der Waals surface area contributed by atoms with E-state index in [9.17, 15) is 0 Å². The minimum atomic E-state index is 0.898. The molecule has 4 heteroatoms. The normalized spacial score (nSPS) is 12.0. The van der Waals surface area contributed by atoms with Gasteiger partial charge in [-0.05, 0) is 88.6 Å². The number of benzene rings is 8. The maximum absolute atomic E-state index is 6.21. The third-order valence-corrected chi connectivity index (χ3v) is 12.4. The van der Waals surface area contributed by atoms with Crippen molar-refractivity contribution >= 4 is 113 Å². The number of para-hydroxylation sites is 1. The summed E-state index contributed by atoms with van der Waals surface area (Å²) in [5, 5.41) is 10.1. The second-order valence-corrected chi connectivity index (χ2v) is 15.1. The van der Waals surface area contributed by atoms with Crippen molar-refractivity contribution in [2.45, 2.75) is 0 Å². The minimum Gasteiger partial charge on any atom is -0.456 e. The van der Waals surface area contributed by atoms with Gasteiger partial charge in [0.05, 0.1) is 0 Å². The SMILES string of the molecule is c1ccc2c(c1)ccc1c3cc(-c4ccc(N(c5ccc6c(c5)sc5ccccc56)c5ccc6oc7ccccc7c6c5)cc4)ccc3sc21. The van der Waals surface area contributed by atoms with Crippen molar-refractivity contribution in [3.05, 3.63) is 164 Å². The van der Waals surface area contributed by atoms with Gasteiger partial charge in [-0.3, -0.25) is 0 Å². The molecule has 3 aromatic heterocycles. The quantitative estimate of drug-likeness (QED) is 0.185. The molecule has 11 rings (SSSR count). The topological polar surface area (TPSA) is 16.4 Å². The molecule has 0 fully saturated rings. The molecule has 0 saturated heterocycles. The molecular weight excluding hydrogens is 647 g/mol. The lowest BCUT2D eigenvalue weighted by atomic mass is 10.0. The lowest BCUT2D eigenvalue weighted by Gasteiger charge is -2.26. The number of rotatable bonds is 4. The molecule has 0 bridgehead atoms. The Morgan fingerprint density at radius 3 is 1.94 bits per heavy atom. The summed E-state index contributed by atoms with van der Waals surface area (Å²) in [7, 11) is 0. The Labute approximate surface area is 295 Å². The monoisotopic (exact) mass is 673 g/mol. The fraction of sp³-hybridized carbons (Fsp3) is 0. The highest BCUT2D eigenvalue weighted by Gasteiger charge is 2.18. The fourth-order valence-corrected chi connectivity index (χ4v) is 10.00. The van der Waals surface area contributed by atoms with Crippen LogP contribution in [0.1, 0.15) is 0 Å². The highest BCUT2D eigenvalue weighted by atomic mass is 32.1. The summed E-state index contributed by atoms with van der Waals surface area (Å²) >= 11 is 3.74. The lowest BCUT2D eigenvalue weighted by Crippen LogP contribution is -2.09. The Balaban J connectivity index is 1.05. The Bertz CT molecular complexity index is 3110. The molecule has 50 heavy (non-hydrogen) atoms. The summed E-state index contributed by atoms with van der Waals surface area (Å²) in [6.45, 7) is 0. The van der Waals surface area contributed by atoms with Gasteiger partial charge in [-0.15, -0.1) is 22.7 Å². The van der Waals surface area contributed by atoms with E-state index in [0.29, 0.717) is 0 Å². The number of hydrogen-bond acceptors (Lipinski definition) is 4. The second-order valence-electron chi connectivity index (χ2n) is 12.9. The van der Waals surface area contributed by atoms with Crippen LogP contribution in [0.25, 0.3) is 84.2 Å². The van der Waals surface area contributed by atoms with Crippen LogP contribution in [0.2, 0.25) is 0 Å². The average Bonchev–Trinajstić information content (AvgIpc) is 3.86. The number of thiophene rings is 2. The predicted octanol–water partition coefficient (Wildman–Crippen LogP) is 14.6. The Kier molecular flexibility index (Phi) is 6.03. The largest absolute Gasteiger partial charge is 0.456 e. The molecule has 0 aliphatic rings. The van der Waals surface area contributed by atoms with Crippen LogP contribution in [-0.4, -0.2) is 0 Å². The van der Waals surface area contributed by atoms with Crippen LogP contribution in [-0.2, 0) is 0 Å². The molecule has 11 aromatic rings. The van der Waals surface area contributed by atoms with Crippen LogP contribution in [0.15, 0.2) is 168 Å². The molecule has 234 valence electrons. The zero-order valence-corrected chi connectivity index (χ0v) is 28.4. The maximum Gasteiger partial charge on any atom is 0.135 e. The molecule has 3 heterocycles. The summed E-state index contributed by atoms with van der Waals surface area (Å²) in [6.07, 6.45) is 0. The first-order chi connectivity index (χ1) is 24.7. The average molecular weight is 674 g/mol. The first-order valence-corrected chi connectivity index (χ1v) is 18.5. The van der Waals surface area contributed by atoms with Gasteiger partial charge in [-0.1, -0.05) is 97.1 Å². The lowest BCUT2D eigenvalue weighted by molar-refractivity contribution is 0.669. The molecule has 8 aromatic carbocycles. The van der Waals surface area contributed by atoms with E-state index in [0.717, 1.165) is 39.0 Å². The minimum absolute atomic E-state index is 0.898. The van der Waals surface area contributed by atoms with Crippen LogP contribution in [0.3, 0.4) is 0 Å². The second kappa shape index (κ2) is 10.8. The fourth-order valence-electron chi connectivity index (χ4n) is 7.64. The van der Waals surface area contributed by atoms with Gasteiger partial charge in [-0.2, -0.15) is 0 Å². The van der Waals surface area contributed by atoms with Crippen LogP contribution in [0.5, 0.6) is 0 Å². The third-order valence-electron chi connectivity index (χ3n) is 10.1. The summed E-state index contributed by atoms with van der Waals surface area (Å²) < 4.78 is 11.5. The van der Waals surface area contributed by atoms with E-state index in [1.165, 1.54) is 62.2 Å². The van der Waals surface area contributed by atoms with E-state index in [4.69, 9.17) is 4.42 Å². The van der Waals surface area contributed by atoms with Crippen LogP contribution < -0.4 is 4.90 Å². The first-order valence-electron chi connectivity index (χ1n) is 16.8. The van der Waals surface area contributed by atoms with Gasteiger partial charge in [0.15, 0.2) is 0 Å². The van der Waals surface area contributed by atoms with Gasteiger partial charge >= 0.3 is 0 Å². The van der Waals surface area contributed by atoms with E-state index in [1.54, 1.807) is 0 Å². The molecule has 0 unspecified atom stereocenters. The van der Waals surface area contributed by atoms with E-state index in [1.807, 2.05) is 34.8 Å². The van der Waals surface area contributed by atoms with Crippen molar-refractivity contribution in [1.82, 2.24) is 0 Å². The van der Waals surface area contributed by atoms with E-state index >= 15 is 0 Å². The van der Waals surface area contributed by atoms with Gasteiger partial charge in [0.1, 0.15) is 11.2 Å². The number of furan rings is 1. The maximum atomic E-state index is 6.21.